The number of nitrogens with zero attached hydrogens (tertiary/aromatic N) is 2. The molecule has 0 spiro atoms. The van der Waals surface area contributed by atoms with E-state index in [2.05, 4.69) is 10.3 Å². The van der Waals surface area contributed by atoms with E-state index in [9.17, 15) is 14.7 Å². The first kappa shape index (κ1) is 19.4. The molecule has 1 amide bonds. The summed E-state index contributed by atoms with van der Waals surface area (Å²) >= 11 is 0. The maximum absolute atomic E-state index is 12.5. The molecule has 28 heavy (non-hydrogen) atoms. The maximum Gasteiger partial charge on any atom is 0.326 e. The second-order valence-electron chi connectivity index (χ2n) is 6.92. The van der Waals surface area contributed by atoms with Crippen LogP contribution in [0.2, 0.25) is 0 Å². The molecule has 0 aliphatic rings. The van der Waals surface area contributed by atoms with Crippen LogP contribution in [0.5, 0.6) is 5.75 Å². The summed E-state index contributed by atoms with van der Waals surface area (Å²) in [5.74, 6) is -0.896. The van der Waals surface area contributed by atoms with Crippen LogP contribution in [0.3, 0.4) is 0 Å². The SMILES string of the molecule is COc1ccccc1Cn1cnc2cc(C(=O)NC(C(=O)O)C(C)C)ccc21. The molecule has 1 unspecified atom stereocenters. The summed E-state index contributed by atoms with van der Waals surface area (Å²) in [5, 5.41) is 11.8. The third-order valence-electron chi connectivity index (χ3n) is 4.64. The quantitative estimate of drug-likeness (QED) is 0.656. The number of imidazole rings is 1. The number of carbonyl (C=O) groups excluding carboxylic acids is 1. The number of rotatable bonds is 7. The summed E-state index contributed by atoms with van der Waals surface area (Å²) in [7, 11) is 1.64. The van der Waals surface area contributed by atoms with Gasteiger partial charge in [-0.05, 0) is 30.2 Å². The second kappa shape index (κ2) is 8.12. The molecule has 3 aromatic rings. The number of carboxylic acid groups (broad SMARTS) is 1. The average molecular weight is 381 g/mol. The van der Waals surface area contributed by atoms with E-state index in [0.29, 0.717) is 17.6 Å². The fourth-order valence-corrected chi connectivity index (χ4v) is 3.09. The minimum absolute atomic E-state index is 0.217. The van der Waals surface area contributed by atoms with Gasteiger partial charge in [0, 0.05) is 11.1 Å². The van der Waals surface area contributed by atoms with Crippen molar-refractivity contribution in [1.29, 1.82) is 0 Å². The first-order valence-electron chi connectivity index (χ1n) is 9.01. The van der Waals surface area contributed by atoms with Gasteiger partial charge in [-0.2, -0.15) is 0 Å². The Labute approximate surface area is 163 Å². The van der Waals surface area contributed by atoms with E-state index in [4.69, 9.17) is 4.74 Å². The molecule has 0 fully saturated rings. The van der Waals surface area contributed by atoms with Crippen LogP contribution in [-0.2, 0) is 11.3 Å². The van der Waals surface area contributed by atoms with Crippen molar-refractivity contribution in [3.05, 3.63) is 59.9 Å². The number of hydrogen-bond acceptors (Lipinski definition) is 4. The number of methoxy groups -OCH3 is 1. The van der Waals surface area contributed by atoms with E-state index in [1.54, 1.807) is 39.4 Å². The molecule has 7 nitrogen and oxygen atoms in total. The van der Waals surface area contributed by atoms with Gasteiger partial charge in [-0.25, -0.2) is 9.78 Å². The number of hydrogen-bond donors (Lipinski definition) is 2. The topological polar surface area (TPSA) is 93.5 Å². The van der Waals surface area contributed by atoms with E-state index in [0.717, 1.165) is 16.8 Å². The molecule has 1 aromatic heterocycles. The third-order valence-corrected chi connectivity index (χ3v) is 4.64. The predicted octanol–water partition coefficient (Wildman–Crippen LogP) is 2.93. The minimum Gasteiger partial charge on any atom is -0.496 e. The van der Waals surface area contributed by atoms with Crippen molar-refractivity contribution in [3.63, 3.8) is 0 Å². The van der Waals surface area contributed by atoms with Gasteiger partial charge in [0.25, 0.3) is 5.91 Å². The molecule has 2 N–H and O–H groups in total. The molecule has 1 heterocycles. The van der Waals surface area contributed by atoms with Crippen LogP contribution in [0.4, 0.5) is 0 Å². The van der Waals surface area contributed by atoms with Gasteiger partial charge in [0.15, 0.2) is 0 Å². The van der Waals surface area contributed by atoms with Crippen LogP contribution < -0.4 is 10.1 Å². The molecule has 1 atom stereocenters. The summed E-state index contributed by atoms with van der Waals surface area (Å²) in [6, 6.07) is 12.0. The molecule has 3 rings (SSSR count). The summed E-state index contributed by atoms with van der Waals surface area (Å²) < 4.78 is 7.37. The Morgan fingerprint density at radius 2 is 1.96 bits per heavy atom. The van der Waals surface area contributed by atoms with Crippen molar-refractivity contribution >= 4 is 22.9 Å². The fraction of sp³-hybridized carbons (Fsp3) is 0.286. The maximum atomic E-state index is 12.5. The van der Waals surface area contributed by atoms with Crippen LogP contribution in [-0.4, -0.2) is 39.7 Å². The van der Waals surface area contributed by atoms with Crippen molar-refractivity contribution in [1.82, 2.24) is 14.9 Å². The van der Waals surface area contributed by atoms with Gasteiger partial charge in [-0.3, -0.25) is 4.79 Å². The Balaban J connectivity index is 1.84. The van der Waals surface area contributed by atoms with Gasteiger partial charge >= 0.3 is 5.97 Å². The summed E-state index contributed by atoms with van der Waals surface area (Å²) in [6.45, 7) is 4.09. The lowest BCUT2D eigenvalue weighted by molar-refractivity contribution is -0.140. The second-order valence-corrected chi connectivity index (χ2v) is 6.92. The summed E-state index contributed by atoms with van der Waals surface area (Å²) in [4.78, 5) is 28.2. The summed E-state index contributed by atoms with van der Waals surface area (Å²) in [5.41, 5.74) is 2.94. The van der Waals surface area contributed by atoms with Crippen LogP contribution in [0.25, 0.3) is 11.0 Å². The summed E-state index contributed by atoms with van der Waals surface area (Å²) in [6.07, 6.45) is 1.72. The Morgan fingerprint density at radius 3 is 2.64 bits per heavy atom. The van der Waals surface area contributed by atoms with Crippen molar-refractivity contribution in [2.24, 2.45) is 5.92 Å². The molecule has 0 radical (unpaired) electrons. The largest absolute Gasteiger partial charge is 0.496 e. The standard InChI is InChI=1S/C21H23N3O4/c1-13(2)19(21(26)27)23-20(25)14-8-9-17-16(10-14)22-12-24(17)11-15-6-4-5-7-18(15)28-3/h4-10,12-13,19H,11H2,1-3H3,(H,23,25)(H,26,27). The van der Waals surface area contributed by atoms with Gasteiger partial charge in [0.1, 0.15) is 11.8 Å². The van der Waals surface area contributed by atoms with Crippen molar-refractivity contribution in [3.8, 4) is 5.75 Å². The third kappa shape index (κ3) is 3.98. The van der Waals surface area contributed by atoms with Crippen LogP contribution in [0.1, 0.15) is 29.8 Å². The zero-order valence-electron chi connectivity index (χ0n) is 16.0. The first-order chi connectivity index (χ1) is 13.4. The number of aliphatic carboxylic acids is 1. The molecular formula is C21H23N3O4. The molecule has 0 aliphatic heterocycles. The number of nitrogens with one attached hydrogen (secondary N) is 1. The highest BCUT2D eigenvalue weighted by Gasteiger charge is 2.24. The molecule has 7 heteroatoms. The molecule has 146 valence electrons. The minimum atomic E-state index is -1.05. The van der Waals surface area contributed by atoms with E-state index in [-0.39, 0.29) is 5.92 Å². The first-order valence-corrected chi connectivity index (χ1v) is 9.01. The Kier molecular flexibility index (Phi) is 5.63. The number of carbonyl (C=O) groups is 2. The predicted molar refractivity (Wildman–Crippen MR) is 106 cm³/mol. The zero-order valence-corrected chi connectivity index (χ0v) is 16.0. The smallest absolute Gasteiger partial charge is 0.326 e. The van der Waals surface area contributed by atoms with Gasteiger partial charge in [0.05, 0.1) is 31.0 Å². The Hall–Kier alpha value is -3.35. The lowest BCUT2D eigenvalue weighted by atomic mass is 10.0. The number of carboxylic acids is 1. The molecule has 0 saturated heterocycles. The molecular weight excluding hydrogens is 358 g/mol. The highest BCUT2D eigenvalue weighted by Crippen LogP contribution is 2.22. The lowest BCUT2D eigenvalue weighted by Crippen LogP contribution is -2.44. The highest BCUT2D eigenvalue weighted by atomic mass is 16.5. The monoisotopic (exact) mass is 381 g/mol. The lowest BCUT2D eigenvalue weighted by Gasteiger charge is -2.17. The number of fused-ring (bicyclic) bond motifs is 1. The number of ether oxygens (including phenoxy) is 1. The molecule has 2 aromatic carbocycles. The molecule has 0 aliphatic carbocycles. The van der Waals surface area contributed by atoms with Crippen molar-refractivity contribution in [2.75, 3.05) is 7.11 Å². The normalized spacial score (nSPS) is 12.1. The Morgan fingerprint density at radius 1 is 1.21 bits per heavy atom. The molecule has 0 bridgehead atoms. The van der Waals surface area contributed by atoms with E-state index in [1.807, 2.05) is 34.9 Å². The van der Waals surface area contributed by atoms with Crippen molar-refractivity contribution in [2.45, 2.75) is 26.4 Å². The van der Waals surface area contributed by atoms with Crippen molar-refractivity contribution < 1.29 is 19.4 Å². The number of aromatic nitrogens is 2. The van der Waals surface area contributed by atoms with E-state index >= 15 is 0 Å². The number of para-hydroxylation sites is 1. The van der Waals surface area contributed by atoms with Gasteiger partial charge < -0.3 is 19.7 Å². The fourth-order valence-electron chi connectivity index (χ4n) is 3.09. The van der Waals surface area contributed by atoms with Gasteiger partial charge in [-0.1, -0.05) is 32.0 Å². The number of benzene rings is 2. The van der Waals surface area contributed by atoms with Crippen LogP contribution in [0.15, 0.2) is 48.8 Å². The number of amides is 1. The van der Waals surface area contributed by atoms with E-state index < -0.39 is 17.9 Å². The van der Waals surface area contributed by atoms with Gasteiger partial charge in [0.2, 0.25) is 0 Å². The zero-order chi connectivity index (χ0) is 20.3. The Bertz CT molecular complexity index is 1010. The van der Waals surface area contributed by atoms with Crippen LogP contribution in [0, 0.1) is 5.92 Å². The van der Waals surface area contributed by atoms with E-state index in [1.165, 1.54) is 0 Å². The molecule has 0 saturated carbocycles. The van der Waals surface area contributed by atoms with Gasteiger partial charge in [-0.15, -0.1) is 0 Å². The van der Waals surface area contributed by atoms with Crippen LogP contribution >= 0.6 is 0 Å². The average Bonchev–Trinajstić information content (AvgIpc) is 3.07. The highest BCUT2D eigenvalue weighted by molar-refractivity contribution is 5.99.